The lowest BCUT2D eigenvalue weighted by Crippen LogP contribution is -2.29. The average Bonchev–Trinajstić information content (AvgIpc) is 3.19. The Balaban J connectivity index is 1.84. The lowest BCUT2D eigenvalue weighted by Gasteiger charge is -2.22. The van der Waals surface area contributed by atoms with Crippen molar-refractivity contribution in [1.29, 1.82) is 0 Å². The van der Waals surface area contributed by atoms with Gasteiger partial charge < -0.3 is 4.42 Å². The number of hydrogen-bond acceptors (Lipinski definition) is 5. The predicted molar refractivity (Wildman–Crippen MR) is 117 cm³/mol. The zero-order chi connectivity index (χ0) is 20.3. The Morgan fingerprint density at radius 2 is 1.90 bits per heavy atom. The number of anilines is 1. The Kier molecular flexibility index (Phi) is 4.18. The number of rotatable bonds is 2. The van der Waals surface area contributed by atoms with E-state index in [1.54, 1.807) is 29.2 Å². The second-order valence-corrected chi connectivity index (χ2v) is 9.04. The number of aryl methyl sites for hydroxylation is 2. The third kappa shape index (κ3) is 2.76. The smallest absolute Gasteiger partial charge is 0.297 e. The lowest BCUT2D eigenvalue weighted by molar-refractivity contribution is 0.0971. The first-order valence-corrected chi connectivity index (χ1v) is 10.7. The molecule has 3 heterocycles. The highest BCUT2D eigenvalue weighted by atomic mass is 79.9. The second-order valence-electron chi connectivity index (χ2n) is 6.94. The molecule has 0 bridgehead atoms. The third-order valence-electron chi connectivity index (χ3n) is 5.17. The quantitative estimate of drug-likeness (QED) is 0.397. The molecule has 2 aromatic heterocycles. The van der Waals surface area contributed by atoms with Crippen molar-refractivity contribution in [2.24, 2.45) is 0 Å². The van der Waals surface area contributed by atoms with E-state index in [1.807, 2.05) is 38.1 Å². The summed E-state index contributed by atoms with van der Waals surface area (Å²) >= 11 is 4.93. The maximum atomic E-state index is 13.4. The molecule has 4 aromatic rings. The van der Waals surface area contributed by atoms with Crippen molar-refractivity contribution in [2.45, 2.75) is 19.9 Å². The summed E-state index contributed by atoms with van der Waals surface area (Å²) < 4.78 is 6.81. The molecule has 0 radical (unpaired) electrons. The Labute approximate surface area is 178 Å². The number of aromatic nitrogens is 1. The molecule has 29 heavy (non-hydrogen) atoms. The molecule has 0 fully saturated rings. The summed E-state index contributed by atoms with van der Waals surface area (Å²) in [5, 5.41) is 1.03. The normalized spacial score (nSPS) is 15.9. The van der Waals surface area contributed by atoms with Gasteiger partial charge in [-0.3, -0.25) is 14.5 Å². The number of benzene rings is 2. The van der Waals surface area contributed by atoms with E-state index >= 15 is 0 Å². The number of para-hydroxylation sites is 1. The predicted octanol–water partition coefficient (Wildman–Crippen LogP) is 5.38. The van der Waals surface area contributed by atoms with Gasteiger partial charge in [0, 0.05) is 9.35 Å². The van der Waals surface area contributed by atoms with Gasteiger partial charge in [-0.25, -0.2) is 4.98 Å². The van der Waals surface area contributed by atoms with Crippen LogP contribution in [0, 0.1) is 13.8 Å². The van der Waals surface area contributed by atoms with Crippen LogP contribution in [-0.4, -0.2) is 10.9 Å². The van der Waals surface area contributed by atoms with E-state index in [-0.39, 0.29) is 17.1 Å². The number of carbonyl (C=O) groups is 1. The van der Waals surface area contributed by atoms with E-state index in [0.717, 1.165) is 20.6 Å². The fourth-order valence-corrected chi connectivity index (χ4v) is 5.02. The van der Waals surface area contributed by atoms with Crippen LogP contribution in [-0.2, 0) is 0 Å². The van der Waals surface area contributed by atoms with E-state index in [1.165, 1.54) is 11.3 Å². The summed E-state index contributed by atoms with van der Waals surface area (Å²) in [6.45, 7) is 3.88. The first-order valence-electron chi connectivity index (χ1n) is 9.04. The van der Waals surface area contributed by atoms with Gasteiger partial charge in [0.2, 0.25) is 5.76 Å². The molecule has 0 saturated heterocycles. The highest BCUT2D eigenvalue weighted by Gasteiger charge is 2.45. The zero-order valence-corrected chi connectivity index (χ0v) is 18.0. The molecule has 144 valence electrons. The van der Waals surface area contributed by atoms with Crippen molar-refractivity contribution >= 4 is 49.3 Å². The Morgan fingerprint density at radius 1 is 1.10 bits per heavy atom. The summed E-state index contributed by atoms with van der Waals surface area (Å²) in [4.78, 5) is 34.1. The topological polar surface area (TPSA) is 63.4 Å². The minimum absolute atomic E-state index is 0.0872. The van der Waals surface area contributed by atoms with Crippen LogP contribution in [0.3, 0.4) is 0 Å². The van der Waals surface area contributed by atoms with E-state index < -0.39 is 6.04 Å². The van der Waals surface area contributed by atoms with Crippen molar-refractivity contribution in [3.8, 4) is 0 Å². The maximum Gasteiger partial charge on any atom is 0.297 e. The molecule has 7 heteroatoms. The average molecular weight is 467 g/mol. The van der Waals surface area contributed by atoms with Crippen molar-refractivity contribution in [1.82, 2.24) is 4.98 Å². The molecule has 5 nitrogen and oxygen atoms in total. The molecular weight excluding hydrogens is 452 g/mol. The van der Waals surface area contributed by atoms with E-state index in [4.69, 9.17) is 4.42 Å². The molecule has 1 unspecified atom stereocenters. The summed E-state index contributed by atoms with van der Waals surface area (Å²) in [6, 6.07) is 14.0. The van der Waals surface area contributed by atoms with Crippen LogP contribution in [0.25, 0.3) is 11.0 Å². The highest BCUT2D eigenvalue weighted by molar-refractivity contribution is 9.10. The van der Waals surface area contributed by atoms with Crippen molar-refractivity contribution < 1.29 is 9.21 Å². The number of amides is 1. The molecule has 1 aliphatic rings. The first-order chi connectivity index (χ1) is 14.0. The van der Waals surface area contributed by atoms with Gasteiger partial charge in [0.25, 0.3) is 5.91 Å². The fourth-order valence-electron chi connectivity index (χ4n) is 3.67. The van der Waals surface area contributed by atoms with Crippen LogP contribution in [0.4, 0.5) is 5.13 Å². The molecule has 1 atom stereocenters. The van der Waals surface area contributed by atoms with Gasteiger partial charge in [0.1, 0.15) is 5.58 Å². The van der Waals surface area contributed by atoms with Gasteiger partial charge in [-0.15, -0.1) is 11.3 Å². The summed E-state index contributed by atoms with van der Waals surface area (Å²) in [7, 11) is 0. The number of fused-ring (bicyclic) bond motifs is 2. The van der Waals surface area contributed by atoms with Crippen LogP contribution in [0.2, 0.25) is 0 Å². The third-order valence-corrected chi connectivity index (χ3v) is 6.73. The van der Waals surface area contributed by atoms with Crippen molar-refractivity contribution in [3.05, 3.63) is 90.7 Å². The van der Waals surface area contributed by atoms with Crippen LogP contribution in [0.5, 0.6) is 0 Å². The molecule has 2 aromatic carbocycles. The van der Waals surface area contributed by atoms with Gasteiger partial charge in [-0.05, 0) is 43.7 Å². The van der Waals surface area contributed by atoms with E-state index in [2.05, 4.69) is 20.9 Å². The second kappa shape index (κ2) is 6.64. The van der Waals surface area contributed by atoms with Crippen molar-refractivity contribution in [2.75, 3.05) is 4.90 Å². The maximum absolute atomic E-state index is 13.4. The van der Waals surface area contributed by atoms with Gasteiger partial charge in [0.05, 0.1) is 22.7 Å². The number of carbonyl (C=O) groups excluding carboxylic acids is 1. The summed E-state index contributed by atoms with van der Waals surface area (Å²) in [5.41, 5.74) is 2.27. The number of thiazole rings is 1. The number of hydrogen-bond donors (Lipinski definition) is 0. The fraction of sp³-hybridized carbons (Fsp3) is 0.136. The summed E-state index contributed by atoms with van der Waals surface area (Å²) in [6.07, 6.45) is 0. The molecule has 5 rings (SSSR count). The van der Waals surface area contributed by atoms with E-state index in [9.17, 15) is 9.59 Å². The van der Waals surface area contributed by atoms with Crippen LogP contribution >= 0.6 is 27.3 Å². The van der Waals surface area contributed by atoms with Gasteiger partial charge in [-0.1, -0.05) is 40.2 Å². The van der Waals surface area contributed by atoms with Gasteiger partial charge in [0.15, 0.2) is 10.6 Å². The Morgan fingerprint density at radius 3 is 2.62 bits per heavy atom. The molecule has 0 spiro atoms. The van der Waals surface area contributed by atoms with Gasteiger partial charge >= 0.3 is 0 Å². The summed E-state index contributed by atoms with van der Waals surface area (Å²) in [5.74, 6) is -0.259. The highest BCUT2D eigenvalue weighted by Crippen LogP contribution is 2.43. The van der Waals surface area contributed by atoms with Gasteiger partial charge in [-0.2, -0.15) is 0 Å². The molecule has 0 aliphatic carbocycles. The number of nitrogens with zero attached hydrogens (tertiary/aromatic N) is 2. The standard InChI is InChI=1S/C22H15BrN2O3S/c1-11-12(2)29-22(24-11)25-18(13-6-5-7-14(23)10-13)17-19(26)15-8-3-4-9-16(15)28-20(17)21(25)27/h3-10,18H,1-2H3. The first kappa shape index (κ1) is 18.3. The largest absolute Gasteiger partial charge is 0.450 e. The molecule has 0 N–H and O–H groups in total. The van der Waals surface area contributed by atoms with Crippen LogP contribution in [0.15, 0.2) is 62.2 Å². The van der Waals surface area contributed by atoms with Crippen molar-refractivity contribution in [3.63, 3.8) is 0 Å². The van der Waals surface area contributed by atoms with E-state index in [0.29, 0.717) is 21.7 Å². The van der Waals surface area contributed by atoms with Crippen LogP contribution in [0.1, 0.15) is 38.3 Å². The minimum atomic E-state index is -0.596. The molecule has 1 aliphatic heterocycles. The molecule has 1 amide bonds. The Bertz CT molecular complexity index is 1340. The molecule has 0 saturated carbocycles. The monoisotopic (exact) mass is 466 g/mol. The molecular formula is C22H15BrN2O3S. The Hall–Kier alpha value is -2.77. The zero-order valence-electron chi connectivity index (χ0n) is 15.6. The SMILES string of the molecule is Cc1nc(N2C(=O)c3oc4ccccc4c(=O)c3C2c2cccc(Br)c2)sc1C. The lowest BCUT2D eigenvalue weighted by atomic mass is 9.99. The minimum Gasteiger partial charge on any atom is -0.450 e. The van der Waals surface area contributed by atoms with Crippen LogP contribution < -0.4 is 10.3 Å². The number of halogens is 1.